The number of nitrogens with one attached hydrogen (secondary N) is 2. The van der Waals surface area contributed by atoms with Gasteiger partial charge in [-0.1, -0.05) is 51.4 Å². The minimum absolute atomic E-state index is 0.0331. The van der Waals surface area contributed by atoms with Gasteiger partial charge < -0.3 is 15.4 Å². The molecule has 0 atom stereocenters. The van der Waals surface area contributed by atoms with Crippen LogP contribution in [0.1, 0.15) is 137 Å². The molecule has 0 unspecified atom stereocenters. The Hall–Kier alpha value is -1.43. The number of ether oxygens (including phenoxy) is 1. The number of unbranched alkanes of at least 4 members (excludes halogenated alkanes) is 10. The summed E-state index contributed by atoms with van der Waals surface area (Å²) in [5.41, 5.74) is -0.0510. The number of amides is 2. The standard InChI is InChI=1S/C28H54N2O4/c1-24(2)30-27(33)21-20-25(31)18-14-10-8-6-7-9-11-15-19-26(32)29-22-16-12-13-17-23-34-28(3,4)5/h24H,6-23H2,1-5H3,(H,29,32)(H,30,33). The molecular formula is C28H54N2O4. The first-order valence-electron chi connectivity index (χ1n) is 13.8. The molecule has 0 aromatic rings. The van der Waals surface area contributed by atoms with E-state index >= 15 is 0 Å². The molecule has 2 N–H and O–H groups in total. The maximum atomic E-state index is 11.9. The number of ketones is 1. The largest absolute Gasteiger partial charge is 0.376 e. The van der Waals surface area contributed by atoms with Crippen LogP contribution >= 0.6 is 0 Å². The molecule has 0 bridgehead atoms. The van der Waals surface area contributed by atoms with Crippen LogP contribution in [0.4, 0.5) is 0 Å². The molecule has 0 aromatic heterocycles. The second-order valence-electron chi connectivity index (χ2n) is 10.8. The van der Waals surface area contributed by atoms with Crippen molar-refractivity contribution in [3.8, 4) is 0 Å². The molecule has 0 heterocycles. The van der Waals surface area contributed by atoms with Crippen LogP contribution in [0.3, 0.4) is 0 Å². The third-order valence-corrected chi connectivity index (χ3v) is 5.62. The van der Waals surface area contributed by atoms with Crippen molar-refractivity contribution in [3.63, 3.8) is 0 Å². The highest BCUT2D eigenvalue weighted by Gasteiger charge is 2.09. The van der Waals surface area contributed by atoms with Crippen LogP contribution in [0, 0.1) is 0 Å². The van der Waals surface area contributed by atoms with Crippen molar-refractivity contribution < 1.29 is 19.1 Å². The Morgan fingerprint density at radius 3 is 1.76 bits per heavy atom. The number of hydrogen-bond acceptors (Lipinski definition) is 4. The van der Waals surface area contributed by atoms with Crippen LogP contribution in [0.2, 0.25) is 0 Å². The summed E-state index contributed by atoms with van der Waals surface area (Å²) < 4.78 is 5.71. The lowest BCUT2D eigenvalue weighted by atomic mass is 10.0. The molecule has 0 saturated carbocycles. The highest BCUT2D eigenvalue weighted by Crippen LogP contribution is 2.12. The molecule has 6 heteroatoms. The lowest BCUT2D eigenvalue weighted by Crippen LogP contribution is -2.30. The van der Waals surface area contributed by atoms with E-state index in [4.69, 9.17) is 4.74 Å². The molecule has 0 aromatic carbocycles. The number of rotatable bonds is 22. The average molecular weight is 483 g/mol. The van der Waals surface area contributed by atoms with Crippen molar-refractivity contribution in [2.45, 2.75) is 149 Å². The van der Waals surface area contributed by atoms with Crippen LogP contribution in [-0.2, 0) is 19.1 Å². The summed E-state index contributed by atoms with van der Waals surface area (Å²) in [4.78, 5) is 35.3. The smallest absolute Gasteiger partial charge is 0.220 e. The zero-order chi connectivity index (χ0) is 25.7. The Balaban J connectivity index is 3.35. The second-order valence-corrected chi connectivity index (χ2v) is 10.8. The van der Waals surface area contributed by atoms with E-state index in [0.29, 0.717) is 25.7 Å². The van der Waals surface area contributed by atoms with Gasteiger partial charge in [0.15, 0.2) is 0 Å². The van der Waals surface area contributed by atoms with Crippen molar-refractivity contribution in [3.05, 3.63) is 0 Å². The molecule has 2 amide bonds. The predicted octanol–water partition coefficient (Wildman–Crippen LogP) is 6.25. The van der Waals surface area contributed by atoms with Crippen molar-refractivity contribution in [1.82, 2.24) is 10.6 Å². The van der Waals surface area contributed by atoms with Gasteiger partial charge in [0.1, 0.15) is 5.78 Å². The molecule has 0 fully saturated rings. The zero-order valence-electron chi connectivity index (χ0n) is 22.9. The zero-order valence-corrected chi connectivity index (χ0v) is 22.9. The molecule has 0 rings (SSSR count). The third-order valence-electron chi connectivity index (χ3n) is 5.62. The summed E-state index contributed by atoms with van der Waals surface area (Å²) >= 11 is 0. The van der Waals surface area contributed by atoms with Gasteiger partial charge in [-0.15, -0.1) is 0 Å². The Bertz CT molecular complexity index is 541. The van der Waals surface area contributed by atoms with Gasteiger partial charge in [0.2, 0.25) is 11.8 Å². The molecule has 0 aliphatic rings. The Morgan fingerprint density at radius 2 is 1.18 bits per heavy atom. The molecule has 0 radical (unpaired) electrons. The second kappa shape index (κ2) is 20.9. The van der Waals surface area contributed by atoms with Gasteiger partial charge in [-0.2, -0.15) is 0 Å². The van der Waals surface area contributed by atoms with Gasteiger partial charge in [0.25, 0.3) is 0 Å². The monoisotopic (exact) mass is 482 g/mol. The first kappa shape index (κ1) is 32.6. The molecule has 200 valence electrons. The van der Waals surface area contributed by atoms with Gasteiger partial charge in [-0.25, -0.2) is 0 Å². The van der Waals surface area contributed by atoms with E-state index in [-0.39, 0.29) is 29.2 Å². The van der Waals surface area contributed by atoms with E-state index in [1.165, 1.54) is 19.3 Å². The van der Waals surface area contributed by atoms with Gasteiger partial charge in [-0.05, 0) is 60.3 Å². The minimum atomic E-state index is -0.0510. The van der Waals surface area contributed by atoms with Crippen LogP contribution in [0.5, 0.6) is 0 Å². The summed E-state index contributed by atoms with van der Waals surface area (Å²) in [6.45, 7) is 11.7. The molecule has 0 spiro atoms. The fraction of sp³-hybridized carbons (Fsp3) is 0.893. The summed E-state index contributed by atoms with van der Waals surface area (Å²) in [5.74, 6) is 0.347. The minimum Gasteiger partial charge on any atom is -0.376 e. The van der Waals surface area contributed by atoms with E-state index in [0.717, 1.165) is 70.9 Å². The van der Waals surface area contributed by atoms with Crippen LogP contribution in [0.25, 0.3) is 0 Å². The number of carbonyl (C=O) groups excluding carboxylic acids is 3. The molecule has 0 aliphatic carbocycles. The summed E-state index contributed by atoms with van der Waals surface area (Å²) in [7, 11) is 0. The Labute approximate surface area is 209 Å². The van der Waals surface area contributed by atoms with E-state index in [2.05, 4.69) is 31.4 Å². The van der Waals surface area contributed by atoms with E-state index in [1.807, 2.05) is 13.8 Å². The normalized spacial score (nSPS) is 11.6. The third kappa shape index (κ3) is 25.2. The maximum absolute atomic E-state index is 11.9. The topological polar surface area (TPSA) is 84.5 Å². The fourth-order valence-electron chi connectivity index (χ4n) is 3.72. The summed E-state index contributed by atoms with van der Waals surface area (Å²) in [6.07, 6.45) is 15.1. The number of hydrogen-bond donors (Lipinski definition) is 2. The highest BCUT2D eigenvalue weighted by molar-refractivity contribution is 5.84. The van der Waals surface area contributed by atoms with Crippen LogP contribution in [0.15, 0.2) is 0 Å². The first-order chi connectivity index (χ1) is 16.1. The quantitative estimate of drug-likeness (QED) is 0.179. The number of Topliss-reactive ketones (excluding diaryl/α,β-unsaturated/α-hetero) is 1. The van der Waals surface area contributed by atoms with E-state index < -0.39 is 0 Å². The van der Waals surface area contributed by atoms with E-state index in [9.17, 15) is 14.4 Å². The number of carbonyl (C=O) groups is 3. The molecule has 6 nitrogen and oxygen atoms in total. The molecule has 0 aliphatic heterocycles. The Morgan fingerprint density at radius 1 is 0.647 bits per heavy atom. The summed E-state index contributed by atoms with van der Waals surface area (Å²) in [6, 6.07) is 0.129. The van der Waals surface area contributed by atoms with Crippen molar-refractivity contribution in [2.24, 2.45) is 0 Å². The van der Waals surface area contributed by atoms with Crippen LogP contribution < -0.4 is 10.6 Å². The maximum Gasteiger partial charge on any atom is 0.220 e. The fourth-order valence-corrected chi connectivity index (χ4v) is 3.72. The van der Waals surface area contributed by atoms with Gasteiger partial charge >= 0.3 is 0 Å². The molecule has 34 heavy (non-hydrogen) atoms. The lowest BCUT2D eigenvalue weighted by molar-refractivity contribution is -0.125. The van der Waals surface area contributed by atoms with Gasteiger partial charge in [0, 0.05) is 44.9 Å². The highest BCUT2D eigenvalue weighted by atomic mass is 16.5. The van der Waals surface area contributed by atoms with Crippen molar-refractivity contribution in [2.75, 3.05) is 13.2 Å². The van der Waals surface area contributed by atoms with Crippen molar-refractivity contribution in [1.29, 1.82) is 0 Å². The lowest BCUT2D eigenvalue weighted by Gasteiger charge is -2.19. The van der Waals surface area contributed by atoms with Gasteiger partial charge in [0.05, 0.1) is 5.60 Å². The SMILES string of the molecule is CC(C)NC(=O)CCC(=O)CCCCCCCCCCC(=O)NCCCCCCOC(C)(C)C. The van der Waals surface area contributed by atoms with E-state index in [1.54, 1.807) is 0 Å². The molecular weight excluding hydrogens is 428 g/mol. The van der Waals surface area contributed by atoms with Crippen LogP contribution in [-0.4, -0.2) is 42.4 Å². The predicted molar refractivity (Wildman–Crippen MR) is 141 cm³/mol. The molecule has 0 saturated heterocycles. The average Bonchev–Trinajstić information content (AvgIpc) is 2.74. The first-order valence-corrected chi connectivity index (χ1v) is 13.8. The van der Waals surface area contributed by atoms with Crippen molar-refractivity contribution >= 4 is 17.6 Å². The van der Waals surface area contributed by atoms with Gasteiger partial charge in [-0.3, -0.25) is 14.4 Å². The summed E-state index contributed by atoms with van der Waals surface area (Å²) in [5, 5.41) is 5.85. The Kier molecular flexibility index (Phi) is 20.0.